The highest BCUT2D eigenvalue weighted by Gasteiger charge is 2.23. The number of esters is 1. The maximum atomic E-state index is 13.7. The zero-order valence-corrected chi connectivity index (χ0v) is 14.0. The van der Waals surface area contributed by atoms with Crippen LogP contribution in [0.1, 0.15) is 15.9 Å². The number of amides is 1. The zero-order valence-electron chi connectivity index (χ0n) is 12.4. The van der Waals surface area contributed by atoms with E-state index in [9.17, 15) is 14.0 Å². The van der Waals surface area contributed by atoms with Crippen LogP contribution in [0, 0.1) is 5.82 Å². The molecule has 0 aromatic heterocycles. The van der Waals surface area contributed by atoms with Gasteiger partial charge in [0.1, 0.15) is 11.9 Å². The number of hydrogen-bond donors (Lipinski definition) is 1. The van der Waals surface area contributed by atoms with Crippen LogP contribution in [-0.2, 0) is 16.0 Å². The van der Waals surface area contributed by atoms with Crippen LogP contribution in [0.3, 0.4) is 0 Å². The molecule has 0 aliphatic rings. The lowest BCUT2D eigenvalue weighted by Gasteiger charge is -2.17. The summed E-state index contributed by atoms with van der Waals surface area (Å²) in [6, 6.07) is 12.0. The summed E-state index contributed by atoms with van der Waals surface area (Å²) >= 11 is 3.35. The smallest absolute Gasteiger partial charge is 0.328 e. The van der Waals surface area contributed by atoms with Gasteiger partial charge in [-0.3, -0.25) is 4.79 Å². The van der Waals surface area contributed by atoms with E-state index in [1.165, 1.54) is 25.3 Å². The van der Waals surface area contributed by atoms with Crippen molar-refractivity contribution in [1.29, 1.82) is 0 Å². The molecular formula is C17H15BrFNO3. The number of benzene rings is 2. The summed E-state index contributed by atoms with van der Waals surface area (Å²) in [7, 11) is 1.24. The summed E-state index contributed by atoms with van der Waals surface area (Å²) in [5, 5.41) is 2.52. The predicted molar refractivity (Wildman–Crippen MR) is 87.5 cm³/mol. The Bertz CT molecular complexity index is 720. The van der Waals surface area contributed by atoms with Gasteiger partial charge < -0.3 is 10.1 Å². The Kier molecular flexibility index (Phi) is 5.87. The molecule has 0 saturated heterocycles. The van der Waals surface area contributed by atoms with Crippen LogP contribution in [0.15, 0.2) is 53.0 Å². The molecule has 23 heavy (non-hydrogen) atoms. The van der Waals surface area contributed by atoms with Crippen LogP contribution in [0.2, 0.25) is 0 Å². The molecule has 0 bridgehead atoms. The average Bonchev–Trinajstić information content (AvgIpc) is 2.54. The van der Waals surface area contributed by atoms with Gasteiger partial charge in [-0.2, -0.15) is 0 Å². The predicted octanol–water partition coefficient (Wildman–Crippen LogP) is 3.10. The molecule has 0 aliphatic carbocycles. The highest BCUT2D eigenvalue weighted by Crippen LogP contribution is 2.14. The Labute approximate surface area is 141 Å². The van der Waals surface area contributed by atoms with Gasteiger partial charge in [0.05, 0.1) is 12.7 Å². The Morgan fingerprint density at radius 1 is 1.22 bits per heavy atom. The molecular weight excluding hydrogens is 365 g/mol. The molecule has 1 N–H and O–H groups in total. The van der Waals surface area contributed by atoms with E-state index in [4.69, 9.17) is 4.74 Å². The van der Waals surface area contributed by atoms with Crippen LogP contribution < -0.4 is 5.32 Å². The lowest BCUT2D eigenvalue weighted by atomic mass is 10.1. The van der Waals surface area contributed by atoms with Crippen LogP contribution >= 0.6 is 15.9 Å². The molecule has 0 spiro atoms. The maximum Gasteiger partial charge on any atom is 0.328 e. The number of hydrogen-bond acceptors (Lipinski definition) is 3. The van der Waals surface area contributed by atoms with E-state index in [1.54, 1.807) is 6.07 Å². The van der Waals surface area contributed by atoms with Crippen molar-refractivity contribution in [3.05, 3.63) is 69.9 Å². The Balaban J connectivity index is 2.17. The van der Waals surface area contributed by atoms with Gasteiger partial charge in [-0.05, 0) is 29.8 Å². The minimum absolute atomic E-state index is 0.115. The topological polar surface area (TPSA) is 55.4 Å². The fraction of sp³-hybridized carbons (Fsp3) is 0.176. The normalized spacial score (nSPS) is 11.6. The van der Waals surface area contributed by atoms with Crippen LogP contribution in [0.25, 0.3) is 0 Å². The molecule has 0 fully saturated rings. The second kappa shape index (κ2) is 7.87. The van der Waals surface area contributed by atoms with Crippen molar-refractivity contribution in [2.75, 3.05) is 7.11 Å². The summed E-state index contributed by atoms with van der Waals surface area (Å²) in [4.78, 5) is 24.1. The summed E-state index contributed by atoms with van der Waals surface area (Å²) in [5.74, 6) is -1.89. The number of ether oxygens (including phenoxy) is 1. The van der Waals surface area contributed by atoms with E-state index in [1.807, 2.05) is 24.3 Å². The molecule has 0 radical (unpaired) electrons. The fourth-order valence-electron chi connectivity index (χ4n) is 2.12. The standard InChI is InChI=1S/C17H15BrFNO3/c1-23-17(22)15(10-11-5-4-6-12(18)9-11)20-16(21)13-7-2-3-8-14(13)19/h2-9,15H,10H2,1H3,(H,20,21)/t15-/m1/s1. The zero-order chi connectivity index (χ0) is 16.8. The summed E-state index contributed by atoms with van der Waals surface area (Å²) in [5.41, 5.74) is 0.722. The molecule has 6 heteroatoms. The number of rotatable bonds is 5. The van der Waals surface area contributed by atoms with Gasteiger partial charge in [-0.1, -0.05) is 40.2 Å². The maximum absolute atomic E-state index is 13.7. The SMILES string of the molecule is COC(=O)[C@@H](Cc1cccc(Br)c1)NC(=O)c1ccccc1F. The highest BCUT2D eigenvalue weighted by molar-refractivity contribution is 9.10. The molecule has 0 saturated carbocycles. The van der Waals surface area contributed by atoms with Crippen molar-refractivity contribution in [2.24, 2.45) is 0 Å². The lowest BCUT2D eigenvalue weighted by Crippen LogP contribution is -2.43. The molecule has 120 valence electrons. The largest absolute Gasteiger partial charge is 0.467 e. The third-order valence-corrected chi connectivity index (χ3v) is 3.73. The monoisotopic (exact) mass is 379 g/mol. The van der Waals surface area contributed by atoms with Crippen molar-refractivity contribution in [2.45, 2.75) is 12.5 Å². The lowest BCUT2D eigenvalue weighted by molar-refractivity contribution is -0.142. The van der Waals surface area contributed by atoms with Gasteiger partial charge in [0, 0.05) is 10.9 Å². The van der Waals surface area contributed by atoms with Crippen molar-refractivity contribution < 1.29 is 18.7 Å². The van der Waals surface area contributed by atoms with Gasteiger partial charge >= 0.3 is 5.97 Å². The first-order valence-corrected chi connectivity index (χ1v) is 7.68. The van der Waals surface area contributed by atoms with Gasteiger partial charge in [-0.15, -0.1) is 0 Å². The molecule has 4 nitrogen and oxygen atoms in total. The fourth-order valence-corrected chi connectivity index (χ4v) is 2.56. The van der Waals surface area contributed by atoms with E-state index in [-0.39, 0.29) is 12.0 Å². The Morgan fingerprint density at radius 2 is 1.96 bits per heavy atom. The number of methoxy groups -OCH3 is 1. The Hall–Kier alpha value is -2.21. The van der Waals surface area contributed by atoms with E-state index in [0.717, 1.165) is 10.0 Å². The van der Waals surface area contributed by atoms with Crippen molar-refractivity contribution in [1.82, 2.24) is 5.32 Å². The van der Waals surface area contributed by atoms with E-state index >= 15 is 0 Å². The molecule has 2 aromatic carbocycles. The molecule has 1 amide bonds. The number of halogens is 2. The van der Waals surface area contributed by atoms with E-state index < -0.39 is 23.7 Å². The van der Waals surface area contributed by atoms with Gasteiger partial charge in [-0.25, -0.2) is 9.18 Å². The number of nitrogens with one attached hydrogen (secondary N) is 1. The third-order valence-electron chi connectivity index (χ3n) is 3.24. The average molecular weight is 380 g/mol. The Morgan fingerprint density at radius 3 is 2.61 bits per heavy atom. The number of carbonyl (C=O) groups excluding carboxylic acids is 2. The van der Waals surface area contributed by atoms with Crippen molar-refractivity contribution in [3.8, 4) is 0 Å². The minimum atomic E-state index is -0.901. The molecule has 2 rings (SSSR count). The molecule has 1 atom stereocenters. The minimum Gasteiger partial charge on any atom is -0.467 e. The van der Waals surface area contributed by atoms with Crippen LogP contribution in [0.4, 0.5) is 4.39 Å². The number of carbonyl (C=O) groups is 2. The molecule has 0 heterocycles. The van der Waals surface area contributed by atoms with Gasteiger partial charge in [0.15, 0.2) is 0 Å². The highest BCUT2D eigenvalue weighted by atomic mass is 79.9. The molecule has 0 unspecified atom stereocenters. The van der Waals surface area contributed by atoms with Crippen LogP contribution in [-0.4, -0.2) is 25.0 Å². The van der Waals surface area contributed by atoms with Crippen LogP contribution in [0.5, 0.6) is 0 Å². The van der Waals surface area contributed by atoms with E-state index in [2.05, 4.69) is 21.2 Å². The van der Waals surface area contributed by atoms with Gasteiger partial charge in [0.2, 0.25) is 0 Å². The van der Waals surface area contributed by atoms with Crippen molar-refractivity contribution in [3.63, 3.8) is 0 Å². The van der Waals surface area contributed by atoms with Crippen molar-refractivity contribution >= 4 is 27.8 Å². The first-order chi connectivity index (χ1) is 11.0. The second-order valence-corrected chi connectivity index (χ2v) is 5.78. The summed E-state index contributed by atoms with van der Waals surface area (Å²) in [6.07, 6.45) is 0.242. The first-order valence-electron chi connectivity index (χ1n) is 6.89. The van der Waals surface area contributed by atoms with Gasteiger partial charge in [0.25, 0.3) is 5.91 Å². The van der Waals surface area contributed by atoms with E-state index in [0.29, 0.717) is 0 Å². The molecule has 2 aromatic rings. The quantitative estimate of drug-likeness (QED) is 0.812. The second-order valence-electron chi connectivity index (χ2n) is 4.86. The third kappa shape index (κ3) is 4.63. The first kappa shape index (κ1) is 17.1. The summed E-state index contributed by atoms with van der Waals surface area (Å²) < 4.78 is 19.3. The summed E-state index contributed by atoms with van der Waals surface area (Å²) in [6.45, 7) is 0. The molecule has 0 aliphatic heterocycles.